The van der Waals surface area contributed by atoms with E-state index in [1.54, 1.807) is 30.3 Å². The van der Waals surface area contributed by atoms with Gasteiger partial charge in [0, 0.05) is 12.1 Å². The van der Waals surface area contributed by atoms with Crippen molar-refractivity contribution in [1.82, 2.24) is 4.98 Å². The number of hydrogen-bond acceptors (Lipinski definition) is 7. The number of rotatable bonds is 5. The summed E-state index contributed by atoms with van der Waals surface area (Å²) in [5.41, 5.74) is 1.12. The third kappa shape index (κ3) is 3.73. The summed E-state index contributed by atoms with van der Waals surface area (Å²) < 4.78 is 38.1. The molecule has 0 aliphatic carbocycles. The van der Waals surface area contributed by atoms with Crippen LogP contribution in [-0.4, -0.2) is 38.3 Å². The summed E-state index contributed by atoms with van der Waals surface area (Å²) in [6, 6.07) is 10.0. The van der Waals surface area contributed by atoms with Crippen molar-refractivity contribution in [3.05, 3.63) is 42.0 Å². The maximum absolute atomic E-state index is 12.7. The Morgan fingerprint density at radius 1 is 1.18 bits per heavy atom. The van der Waals surface area contributed by atoms with Crippen molar-refractivity contribution >= 4 is 48.3 Å². The molecule has 0 fully saturated rings. The van der Waals surface area contributed by atoms with E-state index in [9.17, 15) is 13.2 Å². The van der Waals surface area contributed by atoms with Gasteiger partial charge in [0.15, 0.2) is 16.6 Å². The lowest BCUT2D eigenvalue weighted by Gasteiger charge is -2.17. The van der Waals surface area contributed by atoms with Gasteiger partial charge in [-0.05, 0) is 19.1 Å². The molecule has 3 aromatic rings. The maximum Gasteiger partial charge on any atom is 0.259 e. The van der Waals surface area contributed by atoms with Gasteiger partial charge in [0.2, 0.25) is 10.0 Å². The van der Waals surface area contributed by atoms with Gasteiger partial charge in [-0.2, -0.15) is 0 Å². The number of aromatic nitrogens is 1. The topological polar surface area (TPSA) is 107 Å². The number of ether oxygens (including phenoxy) is 2. The molecule has 1 aromatic heterocycles. The maximum atomic E-state index is 12.7. The number of para-hydroxylation sites is 1. The number of sulfonamides is 1. The van der Waals surface area contributed by atoms with Crippen molar-refractivity contribution < 1.29 is 22.7 Å². The average Bonchev–Trinajstić information content (AvgIpc) is 3.07. The highest BCUT2D eigenvalue weighted by molar-refractivity contribution is 7.92. The molecule has 2 aromatic carbocycles. The van der Waals surface area contributed by atoms with E-state index in [1.165, 1.54) is 18.3 Å². The van der Waals surface area contributed by atoms with Crippen molar-refractivity contribution in [2.45, 2.75) is 6.92 Å². The second kappa shape index (κ2) is 7.28. The molecule has 28 heavy (non-hydrogen) atoms. The van der Waals surface area contributed by atoms with E-state index < -0.39 is 15.9 Å². The molecule has 0 spiro atoms. The van der Waals surface area contributed by atoms with Crippen LogP contribution in [0.3, 0.4) is 0 Å². The quantitative estimate of drug-likeness (QED) is 0.658. The van der Waals surface area contributed by atoms with Crippen molar-refractivity contribution in [2.75, 3.05) is 29.0 Å². The summed E-state index contributed by atoms with van der Waals surface area (Å²) in [6.07, 6.45) is 0. The molecule has 8 nitrogen and oxygen atoms in total. The van der Waals surface area contributed by atoms with Gasteiger partial charge in [-0.3, -0.25) is 14.8 Å². The fourth-order valence-corrected chi connectivity index (χ4v) is 4.22. The fraction of sp³-hybridized carbons (Fsp3) is 0.222. The lowest BCUT2D eigenvalue weighted by atomic mass is 10.2. The van der Waals surface area contributed by atoms with Gasteiger partial charge >= 0.3 is 0 Å². The zero-order valence-corrected chi connectivity index (χ0v) is 16.5. The molecule has 10 heteroatoms. The van der Waals surface area contributed by atoms with Crippen LogP contribution < -0.4 is 19.5 Å². The van der Waals surface area contributed by atoms with E-state index in [1.807, 2.05) is 6.07 Å². The highest BCUT2D eigenvalue weighted by Gasteiger charge is 2.18. The number of nitrogens with zero attached hydrogens (tertiary/aromatic N) is 1. The third-order valence-corrected chi connectivity index (χ3v) is 6.31. The highest BCUT2D eigenvalue weighted by Crippen LogP contribution is 2.38. The minimum Gasteiger partial charge on any atom is -0.486 e. The SMILES string of the molecule is CCS(=O)(=O)Nc1ccccc1C(=O)Nc1nc2cc3c(cc2s1)OCCO3. The van der Waals surface area contributed by atoms with Crippen molar-refractivity contribution in [3.8, 4) is 11.5 Å². The summed E-state index contributed by atoms with van der Waals surface area (Å²) >= 11 is 1.30. The van der Waals surface area contributed by atoms with Crippen LogP contribution in [0, 0.1) is 0 Å². The van der Waals surface area contributed by atoms with Crippen LogP contribution in [0.15, 0.2) is 36.4 Å². The van der Waals surface area contributed by atoms with E-state index in [2.05, 4.69) is 15.0 Å². The number of nitrogens with one attached hydrogen (secondary N) is 2. The van der Waals surface area contributed by atoms with E-state index in [0.29, 0.717) is 35.4 Å². The van der Waals surface area contributed by atoms with Gasteiger partial charge in [0.25, 0.3) is 5.91 Å². The highest BCUT2D eigenvalue weighted by atomic mass is 32.2. The molecule has 0 unspecified atom stereocenters. The molecule has 0 bridgehead atoms. The number of thiazole rings is 1. The average molecular weight is 419 g/mol. The van der Waals surface area contributed by atoms with E-state index in [4.69, 9.17) is 9.47 Å². The standard InChI is InChI=1S/C18H17N3O5S2/c1-2-28(23,24)21-12-6-4-3-5-11(12)17(22)20-18-19-13-9-14-15(10-16(13)27-18)26-8-7-25-14/h3-6,9-10,21H,2,7-8H2,1H3,(H,19,20,22). The van der Waals surface area contributed by atoms with E-state index in [-0.39, 0.29) is 17.0 Å². The van der Waals surface area contributed by atoms with E-state index >= 15 is 0 Å². The molecular weight excluding hydrogens is 402 g/mol. The summed E-state index contributed by atoms with van der Waals surface area (Å²) in [5.74, 6) is 0.738. The van der Waals surface area contributed by atoms with Gasteiger partial charge in [0.1, 0.15) is 13.2 Å². The van der Waals surface area contributed by atoms with Crippen LogP contribution in [0.1, 0.15) is 17.3 Å². The largest absolute Gasteiger partial charge is 0.486 e. The lowest BCUT2D eigenvalue weighted by Crippen LogP contribution is -2.19. The second-order valence-corrected chi connectivity index (χ2v) is 9.03. The van der Waals surface area contributed by atoms with Crippen LogP contribution in [0.4, 0.5) is 10.8 Å². The normalized spacial score (nSPS) is 13.3. The molecule has 1 aliphatic rings. The number of amides is 1. The molecule has 2 N–H and O–H groups in total. The number of anilines is 2. The Balaban J connectivity index is 1.60. The first kappa shape index (κ1) is 18.5. The van der Waals surface area contributed by atoms with Gasteiger partial charge in [-0.25, -0.2) is 13.4 Å². The number of benzene rings is 2. The van der Waals surface area contributed by atoms with Crippen LogP contribution in [0.2, 0.25) is 0 Å². The molecule has 0 saturated carbocycles. The van der Waals surface area contributed by atoms with Gasteiger partial charge < -0.3 is 9.47 Å². The third-order valence-electron chi connectivity index (χ3n) is 4.09. The summed E-state index contributed by atoms with van der Waals surface area (Å²) in [5, 5.41) is 3.13. The predicted molar refractivity (Wildman–Crippen MR) is 108 cm³/mol. The second-order valence-electron chi connectivity index (χ2n) is 5.99. The minimum atomic E-state index is -3.50. The molecule has 0 saturated heterocycles. The van der Waals surface area contributed by atoms with Gasteiger partial charge in [0.05, 0.1) is 27.2 Å². The van der Waals surface area contributed by atoms with Crippen molar-refractivity contribution in [3.63, 3.8) is 0 Å². The van der Waals surface area contributed by atoms with Crippen LogP contribution >= 0.6 is 11.3 Å². The monoisotopic (exact) mass is 419 g/mol. The fourth-order valence-electron chi connectivity index (χ4n) is 2.69. The summed E-state index contributed by atoms with van der Waals surface area (Å²) in [4.78, 5) is 17.1. The lowest BCUT2D eigenvalue weighted by molar-refractivity contribution is 0.102. The molecule has 0 atom stereocenters. The van der Waals surface area contributed by atoms with Crippen LogP contribution in [0.5, 0.6) is 11.5 Å². The molecular formula is C18H17N3O5S2. The van der Waals surface area contributed by atoms with Gasteiger partial charge in [-0.1, -0.05) is 23.5 Å². The minimum absolute atomic E-state index is 0.0877. The zero-order chi connectivity index (χ0) is 19.7. The Labute approximate surface area is 165 Å². The predicted octanol–water partition coefficient (Wildman–Crippen LogP) is 3.08. The Hall–Kier alpha value is -2.85. The Morgan fingerprint density at radius 2 is 1.89 bits per heavy atom. The molecule has 0 radical (unpaired) electrons. The molecule has 1 aliphatic heterocycles. The molecule has 146 valence electrons. The Kier molecular flexibility index (Phi) is 4.82. The molecule has 1 amide bonds. The van der Waals surface area contributed by atoms with Crippen LogP contribution in [0.25, 0.3) is 10.2 Å². The van der Waals surface area contributed by atoms with Crippen molar-refractivity contribution in [1.29, 1.82) is 0 Å². The zero-order valence-electron chi connectivity index (χ0n) is 14.9. The summed E-state index contributed by atoms with van der Waals surface area (Å²) in [7, 11) is -3.50. The summed E-state index contributed by atoms with van der Waals surface area (Å²) in [6.45, 7) is 2.50. The molecule has 4 rings (SSSR count). The molecule has 2 heterocycles. The Bertz CT molecular complexity index is 1110. The smallest absolute Gasteiger partial charge is 0.259 e. The number of fused-ring (bicyclic) bond motifs is 2. The van der Waals surface area contributed by atoms with E-state index in [0.717, 1.165) is 4.70 Å². The first-order chi connectivity index (χ1) is 13.4. The van der Waals surface area contributed by atoms with Crippen LogP contribution in [-0.2, 0) is 10.0 Å². The number of carbonyl (C=O) groups excluding carboxylic acids is 1. The van der Waals surface area contributed by atoms with Crippen molar-refractivity contribution in [2.24, 2.45) is 0 Å². The number of hydrogen-bond donors (Lipinski definition) is 2. The first-order valence-corrected chi connectivity index (χ1v) is 11.0. The van der Waals surface area contributed by atoms with Gasteiger partial charge in [-0.15, -0.1) is 0 Å². The first-order valence-electron chi connectivity index (χ1n) is 8.56. The number of carbonyl (C=O) groups is 1. The Morgan fingerprint density at radius 3 is 2.64 bits per heavy atom.